The van der Waals surface area contributed by atoms with Gasteiger partial charge in [-0.05, 0) is 25.1 Å². The Labute approximate surface area is 143 Å². The summed E-state index contributed by atoms with van der Waals surface area (Å²) in [7, 11) is 1.78. The maximum Gasteiger partial charge on any atom is 0.342 e. The molecule has 0 saturated heterocycles. The quantitative estimate of drug-likeness (QED) is 0.653. The Morgan fingerprint density at radius 3 is 2.92 bits per heavy atom. The van der Waals surface area contributed by atoms with Crippen LogP contribution in [-0.4, -0.2) is 44.4 Å². The number of halogens is 1. The average molecular weight is 347 g/mol. The molecule has 0 atom stereocenters. The largest absolute Gasteiger partial charge is 0.462 e. The summed E-state index contributed by atoms with van der Waals surface area (Å²) in [4.78, 5) is 13.9. The van der Waals surface area contributed by atoms with Crippen molar-refractivity contribution in [1.29, 1.82) is 0 Å². The highest BCUT2D eigenvalue weighted by Crippen LogP contribution is 2.21. The number of aromatic nitrogens is 5. The van der Waals surface area contributed by atoms with E-state index in [1.165, 1.54) is 6.07 Å². The number of hydrogen-bond donors (Lipinski definition) is 0. The fourth-order valence-electron chi connectivity index (χ4n) is 2.29. The average Bonchev–Trinajstić information content (AvgIpc) is 2.98. The SMILES string of the molecule is CCOC(=O)c1cc(Cl)nnc1N(C)Cc1nnc2ccccn12. The Hall–Kier alpha value is -2.74. The molecule has 3 aromatic rings. The van der Waals surface area contributed by atoms with Gasteiger partial charge in [-0.1, -0.05) is 17.7 Å². The van der Waals surface area contributed by atoms with Gasteiger partial charge in [0, 0.05) is 13.2 Å². The number of ether oxygens (including phenoxy) is 1. The van der Waals surface area contributed by atoms with Gasteiger partial charge in [-0.2, -0.15) is 0 Å². The molecular formula is C15H15ClN6O2. The standard InChI is InChI=1S/C15H15ClN6O2/c1-3-24-15(23)10-8-11(16)17-20-14(10)21(2)9-13-19-18-12-6-4-5-7-22(12)13/h4-8H,3,9H2,1-2H3. The van der Waals surface area contributed by atoms with Gasteiger partial charge in [0.15, 0.2) is 22.4 Å². The van der Waals surface area contributed by atoms with E-state index in [4.69, 9.17) is 16.3 Å². The zero-order chi connectivity index (χ0) is 17.1. The molecule has 0 N–H and O–H groups in total. The summed E-state index contributed by atoms with van der Waals surface area (Å²) < 4.78 is 6.92. The number of hydrogen-bond acceptors (Lipinski definition) is 7. The van der Waals surface area contributed by atoms with Crippen LogP contribution in [0.15, 0.2) is 30.5 Å². The van der Waals surface area contributed by atoms with E-state index in [0.717, 1.165) is 5.65 Å². The lowest BCUT2D eigenvalue weighted by atomic mass is 10.2. The fourth-order valence-corrected chi connectivity index (χ4v) is 2.44. The van der Waals surface area contributed by atoms with Gasteiger partial charge in [0.2, 0.25) is 0 Å². The Morgan fingerprint density at radius 1 is 1.29 bits per heavy atom. The van der Waals surface area contributed by atoms with E-state index in [9.17, 15) is 4.79 Å². The van der Waals surface area contributed by atoms with Gasteiger partial charge in [-0.3, -0.25) is 4.40 Å². The van der Waals surface area contributed by atoms with Gasteiger partial charge in [0.25, 0.3) is 0 Å². The van der Waals surface area contributed by atoms with E-state index in [0.29, 0.717) is 18.2 Å². The molecule has 3 aromatic heterocycles. The molecule has 0 unspecified atom stereocenters. The van der Waals surface area contributed by atoms with Gasteiger partial charge in [-0.15, -0.1) is 20.4 Å². The van der Waals surface area contributed by atoms with Crippen molar-refractivity contribution in [3.63, 3.8) is 0 Å². The third-order valence-corrected chi connectivity index (χ3v) is 3.55. The summed E-state index contributed by atoms with van der Waals surface area (Å²) in [5, 5.41) is 16.2. The number of anilines is 1. The number of pyridine rings is 1. The molecule has 0 bridgehead atoms. The van der Waals surface area contributed by atoms with Crippen molar-refractivity contribution < 1.29 is 9.53 Å². The second-order valence-corrected chi connectivity index (χ2v) is 5.41. The van der Waals surface area contributed by atoms with Crippen molar-refractivity contribution in [3.05, 3.63) is 47.0 Å². The van der Waals surface area contributed by atoms with Gasteiger partial charge in [-0.25, -0.2) is 4.79 Å². The molecule has 24 heavy (non-hydrogen) atoms. The molecule has 3 rings (SSSR count). The molecule has 0 radical (unpaired) electrons. The van der Waals surface area contributed by atoms with E-state index in [1.54, 1.807) is 18.9 Å². The van der Waals surface area contributed by atoms with Gasteiger partial charge < -0.3 is 9.64 Å². The van der Waals surface area contributed by atoms with Crippen LogP contribution in [0.1, 0.15) is 23.1 Å². The van der Waals surface area contributed by atoms with Crippen LogP contribution in [0.4, 0.5) is 5.82 Å². The number of carbonyl (C=O) groups is 1. The van der Waals surface area contributed by atoms with Crippen molar-refractivity contribution in [1.82, 2.24) is 24.8 Å². The van der Waals surface area contributed by atoms with E-state index in [1.807, 2.05) is 28.8 Å². The molecule has 0 amide bonds. The molecule has 0 spiro atoms. The molecule has 0 aliphatic heterocycles. The maximum atomic E-state index is 12.1. The third kappa shape index (κ3) is 3.13. The third-order valence-electron chi connectivity index (χ3n) is 3.36. The minimum absolute atomic E-state index is 0.128. The first kappa shape index (κ1) is 16.1. The topological polar surface area (TPSA) is 85.5 Å². The zero-order valence-corrected chi connectivity index (χ0v) is 13.9. The van der Waals surface area contributed by atoms with Gasteiger partial charge >= 0.3 is 5.97 Å². The summed E-state index contributed by atoms with van der Waals surface area (Å²) in [5.41, 5.74) is 1.00. The van der Waals surface area contributed by atoms with Crippen molar-refractivity contribution in [2.45, 2.75) is 13.5 Å². The number of carbonyl (C=O) groups excluding carboxylic acids is 1. The van der Waals surface area contributed by atoms with Crippen molar-refractivity contribution in [3.8, 4) is 0 Å². The maximum absolute atomic E-state index is 12.1. The molecule has 3 heterocycles. The molecule has 0 aliphatic rings. The van der Waals surface area contributed by atoms with Crippen molar-refractivity contribution in [2.24, 2.45) is 0 Å². The highest BCUT2D eigenvalue weighted by Gasteiger charge is 2.20. The minimum atomic E-state index is -0.498. The number of nitrogens with zero attached hydrogens (tertiary/aromatic N) is 6. The number of fused-ring (bicyclic) bond motifs is 1. The number of rotatable bonds is 5. The van der Waals surface area contributed by atoms with E-state index < -0.39 is 5.97 Å². The molecule has 0 aromatic carbocycles. The summed E-state index contributed by atoms with van der Waals surface area (Å²) in [6.45, 7) is 2.38. The first-order valence-electron chi connectivity index (χ1n) is 7.30. The highest BCUT2D eigenvalue weighted by molar-refractivity contribution is 6.29. The summed E-state index contributed by atoms with van der Waals surface area (Å²) in [6.07, 6.45) is 1.87. The lowest BCUT2D eigenvalue weighted by molar-refractivity contribution is 0.0526. The van der Waals surface area contributed by atoms with Crippen LogP contribution in [0.5, 0.6) is 0 Å². The monoisotopic (exact) mass is 346 g/mol. The smallest absolute Gasteiger partial charge is 0.342 e. The Morgan fingerprint density at radius 2 is 2.12 bits per heavy atom. The summed E-state index contributed by atoms with van der Waals surface area (Å²) >= 11 is 5.86. The van der Waals surface area contributed by atoms with Gasteiger partial charge in [0.05, 0.1) is 13.2 Å². The van der Waals surface area contributed by atoms with E-state index >= 15 is 0 Å². The summed E-state index contributed by atoms with van der Waals surface area (Å²) in [6, 6.07) is 7.09. The molecule has 9 heteroatoms. The van der Waals surface area contributed by atoms with Crippen LogP contribution in [0, 0.1) is 0 Å². The van der Waals surface area contributed by atoms with E-state index in [2.05, 4.69) is 20.4 Å². The fraction of sp³-hybridized carbons (Fsp3) is 0.267. The van der Waals surface area contributed by atoms with Crippen LogP contribution in [-0.2, 0) is 11.3 Å². The first-order valence-corrected chi connectivity index (χ1v) is 7.68. The lowest BCUT2D eigenvalue weighted by Crippen LogP contribution is -2.23. The molecular weight excluding hydrogens is 332 g/mol. The van der Waals surface area contributed by atoms with Crippen molar-refractivity contribution in [2.75, 3.05) is 18.6 Å². The molecule has 0 aliphatic carbocycles. The normalized spacial score (nSPS) is 10.8. The zero-order valence-electron chi connectivity index (χ0n) is 13.2. The van der Waals surface area contributed by atoms with Crippen molar-refractivity contribution >= 4 is 29.0 Å². The minimum Gasteiger partial charge on any atom is -0.462 e. The predicted octanol–water partition coefficient (Wildman–Crippen LogP) is 1.99. The highest BCUT2D eigenvalue weighted by atomic mass is 35.5. The Kier molecular flexibility index (Phi) is 4.57. The van der Waals surface area contributed by atoms with E-state index in [-0.39, 0.29) is 17.3 Å². The molecule has 0 fully saturated rings. The van der Waals surface area contributed by atoms with Crippen LogP contribution in [0.25, 0.3) is 5.65 Å². The number of esters is 1. The Balaban J connectivity index is 1.92. The Bertz CT molecular complexity index is 881. The first-order chi connectivity index (χ1) is 11.6. The molecule has 0 saturated carbocycles. The molecule has 124 valence electrons. The lowest BCUT2D eigenvalue weighted by Gasteiger charge is -2.19. The molecule has 8 nitrogen and oxygen atoms in total. The van der Waals surface area contributed by atoms with Crippen LogP contribution in [0.2, 0.25) is 5.15 Å². The van der Waals surface area contributed by atoms with Crippen LogP contribution >= 0.6 is 11.6 Å². The second kappa shape index (κ2) is 6.79. The second-order valence-electron chi connectivity index (χ2n) is 5.03. The summed E-state index contributed by atoms with van der Waals surface area (Å²) in [5.74, 6) is 0.576. The predicted molar refractivity (Wildman–Crippen MR) is 88.1 cm³/mol. The van der Waals surface area contributed by atoms with Crippen LogP contribution in [0.3, 0.4) is 0 Å². The van der Waals surface area contributed by atoms with Crippen LogP contribution < -0.4 is 4.90 Å². The van der Waals surface area contributed by atoms with Gasteiger partial charge in [0.1, 0.15) is 5.56 Å².